The molecule has 1 heterocycles. The third kappa shape index (κ3) is 4.82. The summed E-state index contributed by atoms with van der Waals surface area (Å²) in [7, 11) is 0. The van der Waals surface area contributed by atoms with Crippen LogP contribution in [0.3, 0.4) is 0 Å². The van der Waals surface area contributed by atoms with Gasteiger partial charge in [0.1, 0.15) is 6.04 Å². The standard InChI is InChI=1S/C16H24N4O2/c1-2-3-5-10-15(21)19-20-16(22)14-11-13(17-18-14)12-8-6-4-7-9-12/h4,6-9,13-14,17-18H,2-3,5,10-11H2,1H3,(H,19,21)(H,20,22). The molecule has 1 aliphatic heterocycles. The summed E-state index contributed by atoms with van der Waals surface area (Å²) in [6, 6.07) is 9.69. The highest BCUT2D eigenvalue weighted by molar-refractivity contribution is 5.85. The molecule has 2 rings (SSSR count). The average Bonchev–Trinajstić information content (AvgIpc) is 3.04. The zero-order valence-electron chi connectivity index (χ0n) is 12.9. The Morgan fingerprint density at radius 2 is 1.91 bits per heavy atom. The number of nitrogens with one attached hydrogen (secondary N) is 4. The summed E-state index contributed by atoms with van der Waals surface area (Å²) >= 11 is 0. The molecule has 0 aromatic heterocycles. The van der Waals surface area contributed by atoms with Crippen molar-refractivity contribution in [2.75, 3.05) is 0 Å². The number of hydrogen-bond donors (Lipinski definition) is 4. The Labute approximate surface area is 131 Å². The molecule has 2 atom stereocenters. The van der Waals surface area contributed by atoms with Crippen LogP contribution in [0.5, 0.6) is 0 Å². The van der Waals surface area contributed by atoms with Gasteiger partial charge in [-0.15, -0.1) is 0 Å². The van der Waals surface area contributed by atoms with E-state index in [4.69, 9.17) is 0 Å². The first-order valence-electron chi connectivity index (χ1n) is 7.85. The Balaban J connectivity index is 1.72. The topological polar surface area (TPSA) is 82.3 Å². The van der Waals surface area contributed by atoms with Gasteiger partial charge in [0.25, 0.3) is 5.91 Å². The fourth-order valence-electron chi connectivity index (χ4n) is 2.45. The van der Waals surface area contributed by atoms with E-state index in [1.165, 1.54) is 0 Å². The van der Waals surface area contributed by atoms with E-state index in [1.54, 1.807) is 0 Å². The number of unbranched alkanes of at least 4 members (excludes halogenated alkanes) is 2. The molecule has 6 nitrogen and oxygen atoms in total. The molecule has 6 heteroatoms. The zero-order valence-corrected chi connectivity index (χ0v) is 12.9. The lowest BCUT2D eigenvalue weighted by molar-refractivity contribution is -0.130. The number of hydrazine groups is 2. The normalized spacial score (nSPS) is 20.6. The van der Waals surface area contributed by atoms with E-state index in [0.717, 1.165) is 24.8 Å². The van der Waals surface area contributed by atoms with Crippen LogP contribution < -0.4 is 21.7 Å². The van der Waals surface area contributed by atoms with Crippen molar-refractivity contribution in [3.05, 3.63) is 35.9 Å². The lowest BCUT2D eigenvalue weighted by atomic mass is 10.0. The van der Waals surface area contributed by atoms with Crippen LogP contribution in [0.25, 0.3) is 0 Å². The Morgan fingerprint density at radius 1 is 1.14 bits per heavy atom. The summed E-state index contributed by atoms with van der Waals surface area (Å²) in [6.07, 6.45) is 4.02. The second-order valence-electron chi connectivity index (χ2n) is 5.53. The number of benzene rings is 1. The van der Waals surface area contributed by atoms with Gasteiger partial charge in [-0.25, -0.2) is 10.9 Å². The second kappa shape index (κ2) is 8.51. The molecule has 22 heavy (non-hydrogen) atoms. The van der Waals surface area contributed by atoms with Crippen LogP contribution in [0.2, 0.25) is 0 Å². The molecule has 1 saturated heterocycles. The Kier molecular flexibility index (Phi) is 6.36. The highest BCUT2D eigenvalue weighted by Crippen LogP contribution is 2.21. The number of carbonyl (C=O) groups excluding carboxylic acids is 2. The summed E-state index contributed by atoms with van der Waals surface area (Å²) in [6.45, 7) is 2.08. The Morgan fingerprint density at radius 3 is 2.64 bits per heavy atom. The molecule has 4 N–H and O–H groups in total. The van der Waals surface area contributed by atoms with Crippen LogP contribution in [0.15, 0.2) is 30.3 Å². The van der Waals surface area contributed by atoms with Crippen molar-refractivity contribution in [3.8, 4) is 0 Å². The van der Waals surface area contributed by atoms with Crippen molar-refractivity contribution < 1.29 is 9.59 Å². The summed E-state index contributed by atoms with van der Waals surface area (Å²) in [5.74, 6) is -0.373. The van der Waals surface area contributed by atoms with E-state index in [-0.39, 0.29) is 23.9 Å². The van der Waals surface area contributed by atoms with Crippen molar-refractivity contribution in [2.24, 2.45) is 0 Å². The highest BCUT2D eigenvalue weighted by atomic mass is 16.2. The molecule has 0 bridgehead atoms. The first-order chi connectivity index (χ1) is 10.7. The predicted octanol–water partition coefficient (Wildman–Crippen LogP) is 1.32. The summed E-state index contributed by atoms with van der Waals surface area (Å²) < 4.78 is 0. The minimum atomic E-state index is -0.360. The van der Waals surface area contributed by atoms with E-state index in [1.807, 2.05) is 30.3 Å². The van der Waals surface area contributed by atoms with E-state index in [2.05, 4.69) is 28.6 Å². The van der Waals surface area contributed by atoms with Gasteiger partial charge in [0.15, 0.2) is 0 Å². The first kappa shape index (κ1) is 16.5. The van der Waals surface area contributed by atoms with Crippen LogP contribution in [0.4, 0.5) is 0 Å². The minimum Gasteiger partial charge on any atom is -0.273 e. The number of rotatable bonds is 6. The van der Waals surface area contributed by atoms with Crippen molar-refractivity contribution in [1.82, 2.24) is 21.7 Å². The molecule has 2 unspecified atom stereocenters. The summed E-state index contributed by atoms with van der Waals surface area (Å²) in [5, 5.41) is 0. The van der Waals surface area contributed by atoms with E-state index < -0.39 is 0 Å². The van der Waals surface area contributed by atoms with Crippen LogP contribution in [0, 0.1) is 0 Å². The van der Waals surface area contributed by atoms with Gasteiger partial charge in [-0.2, -0.15) is 0 Å². The lowest BCUT2D eigenvalue weighted by Gasteiger charge is -2.11. The monoisotopic (exact) mass is 304 g/mol. The fraction of sp³-hybridized carbons (Fsp3) is 0.500. The molecule has 2 amide bonds. The summed E-state index contributed by atoms with van der Waals surface area (Å²) in [4.78, 5) is 23.6. The maximum absolute atomic E-state index is 12.0. The van der Waals surface area contributed by atoms with Gasteiger partial charge in [-0.3, -0.25) is 20.4 Å². The molecular formula is C16H24N4O2. The molecule has 0 aliphatic carbocycles. The zero-order chi connectivity index (χ0) is 15.8. The van der Waals surface area contributed by atoms with E-state index in [0.29, 0.717) is 12.8 Å². The van der Waals surface area contributed by atoms with Gasteiger partial charge >= 0.3 is 0 Å². The Hall–Kier alpha value is -1.92. The Bertz CT molecular complexity index is 492. The smallest absolute Gasteiger partial charge is 0.256 e. The summed E-state index contributed by atoms with van der Waals surface area (Å²) in [5.41, 5.74) is 12.2. The van der Waals surface area contributed by atoms with Gasteiger partial charge in [-0.05, 0) is 18.4 Å². The van der Waals surface area contributed by atoms with Crippen LogP contribution in [-0.4, -0.2) is 17.9 Å². The molecule has 1 aliphatic rings. The number of hydrogen-bond acceptors (Lipinski definition) is 4. The highest BCUT2D eigenvalue weighted by Gasteiger charge is 2.30. The molecule has 0 saturated carbocycles. The van der Waals surface area contributed by atoms with Crippen LogP contribution >= 0.6 is 0 Å². The van der Waals surface area contributed by atoms with Gasteiger partial charge < -0.3 is 0 Å². The number of carbonyl (C=O) groups is 2. The lowest BCUT2D eigenvalue weighted by Crippen LogP contribution is -2.50. The first-order valence-corrected chi connectivity index (χ1v) is 7.85. The largest absolute Gasteiger partial charge is 0.273 e. The van der Waals surface area contributed by atoms with Gasteiger partial charge in [0, 0.05) is 12.5 Å². The van der Waals surface area contributed by atoms with Crippen molar-refractivity contribution in [1.29, 1.82) is 0 Å². The second-order valence-corrected chi connectivity index (χ2v) is 5.53. The van der Waals surface area contributed by atoms with Crippen LogP contribution in [-0.2, 0) is 9.59 Å². The molecule has 1 fully saturated rings. The average molecular weight is 304 g/mol. The van der Waals surface area contributed by atoms with Gasteiger partial charge in [-0.1, -0.05) is 50.1 Å². The minimum absolute atomic E-state index is 0.0946. The molecular weight excluding hydrogens is 280 g/mol. The van der Waals surface area contributed by atoms with Crippen LogP contribution in [0.1, 0.15) is 50.6 Å². The molecule has 1 aromatic rings. The number of amides is 2. The van der Waals surface area contributed by atoms with Gasteiger partial charge in [0.05, 0.1) is 0 Å². The van der Waals surface area contributed by atoms with E-state index in [9.17, 15) is 9.59 Å². The molecule has 1 aromatic carbocycles. The molecule has 0 spiro atoms. The third-order valence-corrected chi connectivity index (χ3v) is 3.75. The van der Waals surface area contributed by atoms with Crippen molar-refractivity contribution >= 4 is 11.8 Å². The maximum Gasteiger partial charge on any atom is 0.256 e. The maximum atomic E-state index is 12.0. The molecule has 120 valence electrons. The van der Waals surface area contributed by atoms with Gasteiger partial charge in [0.2, 0.25) is 5.91 Å². The van der Waals surface area contributed by atoms with Crippen molar-refractivity contribution in [3.63, 3.8) is 0 Å². The quantitative estimate of drug-likeness (QED) is 0.472. The SMILES string of the molecule is CCCCCC(=O)NNC(=O)C1CC(c2ccccc2)NN1. The van der Waals surface area contributed by atoms with Crippen molar-refractivity contribution in [2.45, 2.75) is 51.1 Å². The third-order valence-electron chi connectivity index (χ3n) is 3.75. The van der Waals surface area contributed by atoms with E-state index >= 15 is 0 Å². The predicted molar refractivity (Wildman–Crippen MR) is 84.3 cm³/mol. The fourth-order valence-corrected chi connectivity index (χ4v) is 2.45. The molecule has 0 radical (unpaired) electrons.